The molecule has 2 rings (SSSR count). The lowest BCUT2D eigenvalue weighted by atomic mass is 10.0. The molecular formula is C13H15F3N2O. The van der Waals surface area contributed by atoms with E-state index < -0.39 is 23.4 Å². The molecule has 0 aromatic heterocycles. The number of nitrogens with one attached hydrogen (secondary N) is 2. The fourth-order valence-electron chi connectivity index (χ4n) is 2.22. The summed E-state index contributed by atoms with van der Waals surface area (Å²) in [5, 5.41) is 5.93. The number of carbonyl (C=O) groups excluding carboxylic acids is 1. The molecule has 1 amide bonds. The van der Waals surface area contributed by atoms with Crippen molar-refractivity contribution in [2.24, 2.45) is 0 Å². The molecular weight excluding hydrogens is 257 g/mol. The van der Waals surface area contributed by atoms with Gasteiger partial charge in [-0.3, -0.25) is 4.79 Å². The Kier molecular flexibility index (Phi) is 4.09. The van der Waals surface area contributed by atoms with Crippen LogP contribution >= 0.6 is 0 Å². The van der Waals surface area contributed by atoms with Gasteiger partial charge in [0, 0.05) is 17.6 Å². The minimum absolute atomic E-state index is 0.0417. The second-order valence-corrected chi connectivity index (χ2v) is 4.80. The largest absolute Gasteiger partial charge is 0.349 e. The summed E-state index contributed by atoms with van der Waals surface area (Å²) in [6.07, 6.45) is 1.50. The topological polar surface area (TPSA) is 41.1 Å². The van der Waals surface area contributed by atoms with Crippen molar-refractivity contribution < 1.29 is 18.0 Å². The molecule has 2 atom stereocenters. The van der Waals surface area contributed by atoms with Crippen molar-refractivity contribution in [3.05, 3.63) is 35.1 Å². The molecule has 1 fully saturated rings. The summed E-state index contributed by atoms with van der Waals surface area (Å²) in [5.41, 5.74) is -0.206. The van der Waals surface area contributed by atoms with Crippen molar-refractivity contribution in [2.45, 2.75) is 31.8 Å². The van der Waals surface area contributed by atoms with Crippen molar-refractivity contribution in [1.82, 2.24) is 10.6 Å². The molecule has 1 aliphatic rings. The SMILES string of the molecule is CC1CC(NC(=O)c2cc(F)c(F)c(F)c2)CCN1. The van der Waals surface area contributed by atoms with Crippen LogP contribution in [0.4, 0.5) is 13.2 Å². The molecule has 0 spiro atoms. The monoisotopic (exact) mass is 272 g/mol. The molecule has 1 heterocycles. The van der Waals surface area contributed by atoms with E-state index in [0.29, 0.717) is 12.1 Å². The number of hydrogen-bond acceptors (Lipinski definition) is 2. The number of rotatable bonds is 2. The molecule has 0 saturated carbocycles. The summed E-state index contributed by atoms with van der Waals surface area (Å²) >= 11 is 0. The Morgan fingerprint density at radius 3 is 2.53 bits per heavy atom. The average molecular weight is 272 g/mol. The highest BCUT2D eigenvalue weighted by Crippen LogP contribution is 2.15. The molecule has 3 nitrogen and oxygen atoms in total. The van der Waals surface area contributed by atoms with Gasteiger partial charge in [-0.05, 0) is 38.4 Å². The maximum atomic E-state index is 13.0. The summed E-state index contributed by atoms with van der Waals surface area (Å²) in [7, 11) is 0. The number of piperidine rings is 1. The number of hydrogen-bond donors (Lipinski definition) is 2. The third kappa shape index (κ3) is 3.26. The first-order valence-electron chi connectivity index (χ1n) is 6.16. The maximum Gasteiger partial charge on any atom is 0.251 e. The minimum Gasteiger partial charge on any atom is -0.349 e. The molecule has 0 bridgehead atoms. The zero-order chi connectivity index (χ0) is 14.0. The van der Waals surface area contributed by atoms with E-state index in [2.05, 4.69) is 10.6 Å². The van der Waals surface area contributed by atoms with E-state index in [0.717, 1.165) is 19.4 Å². The Labute approximate surface area is 109 Å². The zero-order valence-corrected chi connectivity index (χ0v) is 10.5. The van der Waals surface area contributed by atoms with Gasteiger partial charge in [-0.1, -0.05) is 0 Å². The van der Waals surface area contributed by atoms with E-state index in [9.17, 15) is 18.0 Å². The number of amides is 1. The highest BCUT2D eigenvalue weighted by Gasteiger charge is 2.22. The van der Waals surface area contributed by atoms with Gasteiger partial charge in [0.1, 0.15) is 0 Å². The van der Waals surface area contributed by atoms with Gasteiger partial charge in [-0.15, -0.1) is 0 Å². The molecule has 2 unspecified atom stereocenters. The van der Waals surface area contributed by atoms with Crippen LogP contribution in [0.5, 0.6) is 0 Å². The molecule has 1 aliphatic heterocycles. The van der Waals surface area contributed by atoms with Gasteiger partial charge in [-0.25, -0.2) is 13.2 Å². The van der Waals surface area contributed by atoms with Gasteiger partial charge in [0.05, 0.1) is 0 Å². The molecule has 1 aromatic carbocycles. The molecule has 1 aromatic rings. The van der Waals surface area contributed by atoms with Crippen LogP contribution in [0.15, 0.2) is 12.1 Å². The summed E-state index contributed by atoms with van der Waals surface area (Å²) in [4.78, 5) is 11.8. The second kappa shape index (κ2) is 5.61. The molecule has 2 N–H and O–H groups in total. The van der Waals surface area contributed by atoms with Gasteiger partial charge in [0.2, 0.25) is 0 Å². The first-order chi connectivity index (χ1) is 8.97. The summed E-state index contributed by atoms with van der Waals surface area (Å²) in [6, 6.07) is 1.65. The number of halogens is 3. The van der Waals surface area contributed by atoms with Crippen LogP contribution in [0.1, 0.15) is 30.1 Å². The van der Waals surface area contributed by atoms with Crippen molar-refractivity contribution in [2.75, 3.05) is 6.54 Å². The van der Waals surface area contributed by atoms with Crippen LogP contribution in [0.3, 0.4) is 0 Å². The summed E-state index contributed by atoms with van der Waals surface area (Å²) in [5.74, 6) is -4.86. The fraction of sp³-hybridized carbons (Fsp3) is 0.462. The van der Waals surface area contributed by atoms with Gasteiger partial charge in [0.15, 0.2) is 17.5 Å². The van der Waals surface area contributed by atoms with E-state index in [1.54, 1.807) is 0 Å². The predicted molar refractivity (Wildman–Crippen MR) is 64.3 cm³/mol. The van der Waals surface area contributed by atoms with E-state index >= 15 is 0 Å². The molecule has 104 valence electrons. The zero-order valence-electron chi connectivity index (χ0n) is 10.5. The lowest BCUT2D eigenvalue weighted by molar-refractivity contribution is 0.0924. The second-order valence-electron chi connectivity index (χ2n) is 4.80. The standard InChI is InChI=1S/C13H15F3N2O/c1-7-4-9(2-3-17-7)18-13(19)8-5-10(14)12(16)11(15)6-8/h5-7,9,17H,2-4H2,1H3,(H,18,19). The molecule has 1 saturated heterocycles. The molecule has 0 radical (unpaired) electrons. The minimum atomic E-state index is -1.56. The van der Waals surface area contributed by atoms with Crippen LogP contribution in [0, 0.1) is 17.5 Å². The molecule has 19 heavy (non-hydrogen) atoms. The van der Waals surface area contributed by atoms with Crippen LogP contribution in [0.2, 0.25) is 0 Å². The highest BCUT2D eigenvalue weighted by molar-refractivity contribution is 5.94. The Morgan fingerprint density at radius 1 is 1.32 bits per heavy atom. The van der Waals surface area contributed by atoms with E-state index in [4.69, 9.17) is 0 Å². The first-order valence-corrected chi connectivity index (χ1v) is 6.16. The third-order valence-corrected chi connectivity index (χ3v) is 3.20. The van der Waals surface area contributed by atoms with Crippen molar-refractivity contribution in [1.29, 1.82) is 0 Å². The first kappa shape index (κ1) is 13.9. The van der Waals surface area contributed by atoms with E-state index in [1.165, 1.54) is 0 Å². The Balaban J connectivity index is 2.07. The number of benzene rings is 1. The lowest BCUT2D eigenvalue weighted by Crippen LogP contribution is -2.46. The maximum absolute atomic E-state index is 13.0. The summed E-state index contributed by atoms with van der Waals surface area (Å²) < 4.78 is 38.9. The van der Waals surface area contributed by atoms with Gasteiger partial charge in [-0.2, -0.15) is 0 Å². The third-order valence-electron chi connectivity index (χ3n) is 3.20. The average Bonchev–Trinajstić information content (AvgIpc) is 2.35. The smallest absolute Gasteiger partial charge is 0.251 e. The quantitative estimate of drug-likeness (QED) is 0.808. The van der Waals surface area contributed by atoms with Gasteiger partial charge < -0.3 is 10.6 Å². The van der Waals surface area contributed by atoms with Crippen molar-refractivity contribution in [3.63, 3.8) is 0 Å². The molecule has 0 aliphatic carbocycles. The Hall–Kier alpha value is -1.56. The summed E-state index contributed by atoms with van der Waals surface area (Å²) in [6.45, 7) is 2.77. The van der Waals surface area contributed by atoms with Crippen molar-refractivity contribution >= 4 is 5.91 Å². The van der Waals surface area contributed by atoms with E-state index in [-0.39, 0.29) is 17.6 Å². The van der Waals surface area contributed by atoms with Crippen LogP contribution in [0.25, 0.3) is 0 Å². The fourth-order valence-corrected chi connectivity index (χ4v) is 2.22. The Morgan fingerprint density at radius 2 is 1.95 bits per heavy atom. The van der Waals surface area contributed by atoms with Gasteiger partial charge >= 0.3 is 0 Å². The van der Waals surface area contributed by atoms with Crippen LogP contribution in [-0.2, 0) is 0 Å². The van der Waals surface area contributed by atoms with E-state index in [1.807, 2.05) is 6.92 Å². The van der Waals surface area contributed by atoms with Gasteiger partial charge in [0.25, 0.3) is 5.91 Å². The van der Waals surface area contributed by atoms with Crippen LogP contribution < -0.4 is 10.6 Å². The number of carbonyl (C=O) groups is 1. The van der Waals surface area contributed by atoms with Crippen molar-refractivity contribution in [3.8, 4) is 0 Å². The van der Waals surface area contributed by atoms with Crippen LogP contribution in [-0.4, -0.2) is 24.5 Å². The molecule has 6 heteroatoms. The predicted octanol–water partition coefficient (Wildman–Crippen LogP) is 1.97. The highest BCUT2D eigenvalue weighted by atomic mass is 19.2. The Bertz CT molecular complexity index is 470. The lowest BCUT2D eigenvalue weighted by Gasteiger charge is -2.28. The normalized spacial score (nSPS) is 23.2.